The zero-order valence-electron chi connectivity index (χ0n) is 14.4. The zero-order valence-corrected chi connectivity index (χ0v) is 16.0. The van der Waals surface area contributed by atoms with E-state index in [0.717, 1.165) is 24.0 Å². The molecular formula is C18H20BrN5O2. The minimum absolute atomic E-state index is 0.00321. The summed E-state index contributed by atoms with van der Waals surface area (Å²) >= 11 is 3.57. The standard InChI is InChI=1S/C18H20BrN5O2/c1-22-16(25)9-15(23-8-4-6-13(21)11-23)24(18(22)26)17(19)14-7-3-2-5-12(14)10-20/h2-3,5,7,9,13,17H,4,6,8,11,21H2,1H3/t13-,17?/m1/s1. The maximum Gasteiger partial charge on any atom is 0.333 e. The van der Waals surface area contributed by atoms with Gasteiger partial charge in [-0.2, -0.15) is 5.26 Å². The van der Waals surface area contributed by atoms with Gasteiger partial charge in [0.2, 0.25) is 0 Å². The number of nitrogens with zero attached hydrogens (tertiary/aromatic N) is 4. The van der Waals surface area contributed by atoms with Crippen molar-refractivity contribution in [1.82, 2.24) is 9.13 Å². The molecule has 1 aromatic carbocycles. The lowest BCUT2D eigenvalue weighted by atomic mass is 10.1. The molecule has 0 bridgehead atoms. The number of piperidine rings is 1. The first-order valence-electron chi connectivity index (χ1n) is 8.40. The molecule has 1 unspecified atom stereocenters. The molecule has 2 aromatic rings. The van der Waals surface area contributed by atoms with E-state index in [-0.39, 0.29) is 11.6 Å². The number of hydrogen-bond donors (Lipinski definition) is 1. The van der Waals surface area contributed by atoms with Crippen molar-refractivity contribution in [3.63, 3.8) is 0 Å². The van der Waals surface area contributed by atoms with E-state index in [1.807, 2.05) is 11.0 Å². The summed E-state index contributed by atoms with van der Waals surface area (Å²) in [6, 6.07) is 10.7. The van der Waals surface area contributed by atoms with Crippen LogP contribution in [0.5, 0.6) is 0 Å². The van der Waals surface area contributed by atoms with Gasteiger partial charge in [-0.25, -0.2) is 4.79 Å². The number of benzene rings is 1. The lowest BCUT2D eigenvalue weighted by molar-refractivity contribution is 0.491. The fourth-order valence-electron chi connectivity index (χ4n) is 3.25. The number of hydrogen-bond acceptors (Lipinski definition) is 5. The minimum atomic E-state index is -0.578. The van der Waals surface area contributed by atoms with E-state index in [0.29, 0.717) is 23.5 Å². The van der Waals surface area contributed by atoms with E-state index in [4.69, 9.17) is 5.73 Å². The molecule has 8 heteroatoms. The minimum Gasteiger partial charge on any atom is -0.356 e. The van der Waals surface area contributed by atoms with Crippen LogP contribution >= 0.6 is 15.9 Å². The molecule has 1 aliphatic heterocycles. The number of nitriles is 1. The van der Waals surface area contributed by atoms with Gasteiger partial charge in [0.05, 0.1) is 11.6 Å². The summed E-state index contributed by atoms with van der Waals surface area (Å²) in [4.78, 5) is 26.5. The number of halogens is 1. The van der Waals surface area contributed by atoms with Gasteiger partial charge in [-0.15, -0.1) is 0 Å². The summed E-state index contributed by atoms with van der Waals surface area (Å²) < 4.78 is 2.58. The number of anilines is 1. The van der Waals surface area contributed by atoms with Gasteiger partial charge in [0.25, 0.3) is 5.56 Å². The Balaban J connectivity index is 2.19. The summed E-state index contributed by atoms with van der Waals surface area (Å²) in [5.74, 6) is 0.517. The van der Waals surface area contributed by atoms with Gasteiger partial charge in [-0.3, -0.25) is 13.9 Å². The van der Waals surface area contributed by atoms with Gasteiger partial charge in [0.1, 0.15) is 10.8 Å². The van der Waals surface area contributed by atoms with E-state index in [9.17, 15) is 14.9 Å². The number of rotatable bonds is 3. The van der Waals surface area contributed by atoms with E-state index in [1.54, 1.807) is 18.2 Å². The lowest BCUT2D eigenvalue weighted by Crippen LogP contribution is -2.48. The van der Waals surface area contributed by atoms with Crippen LogP contribution in [-0.4, -0.2) is 28.3 Å². The van der Waals surface area contributed by atoms with Crippen molar-refractivity contribution in [3.8, 4) is 6.07 Å². The summed E-state index contributed by atoms with van der Waals surface area (Å²) in [5.41, 5.74) is 6.41. The first-order chi connectivity index (χ1) is 12.4. The Morgan fingerprint density at radius 3 is 2.77 bits per heavy atom. The van der Waals surface area contributed by atoms with Crippen LogP contribution in [0.4, 0.5) is 5.82 Å². The monoisotopic (exact) mass is 417 g/mol. The molecule has 0 spiro atoms. The van der Waals surface area contributed by atoms with Crippen molar-refractivity contribution in [2.24, 2.45) is 12.8 Å². The topological polar surface area (TPSA) is 97.1 Å². The van der Waals surface area contributed by atoms with Crippen molar-refractivity contribution in [2.45, 2.75) is 23.8 Å². The SMILES string of the molecule is Cn1c(=O)cc(N2CCC[C@@H](N)C2)n(C(Br)c2ccccc2C#N)c1=O. The number of alkyl halides is 1. The number of nitrogens with two attached hydrogens (primary N) is 1. The van der Waals surface area contributed by atoms with Crippen LogP contribution in [-0.2, 0) is 7.05 Å². The molecule has 0 aliphatic carbocycles. The van der Waals surface area contributed by atoms with Crippen LogP contribution in [0.25, 0.3) is 0 Å². The molecule has 1 aliphatic rings. The molecule has 1 saturated heterocycles. The second-order valence-corrected chi connectivity index (χ2v) is 7.30. The molecular weight excluding hydrogens is 398 g/mol. The van der Waals surface area contributed by atoms with Crippen molar-refractivity contribution in [3.05, 3.63) is 62.3 Å². The molecule has 2 atom stereocenters. The van der Waals surface area contributed by atoms with Crippen LogP contribution in [0.3, 0.4) is 0 Å². The van der Waals surface area contributed by atoms with Gasteiger partial charge in [0, 0.05) is 37.8 Å². The Morgan fingerprint density at radius 2 is 2.08 bits per heavy atom. The Kier molecular flexibility index (Phi) is 5.30. The molecule has 1 aromatic heterocycles. The maximum absolute atomic E-state index is 12.9. The van der Waals surface area contributed by atoms with Crippen LogP contribution in [0, 0.1) is 11.3 Å². The maximum atomic E-state index is 12.9. The average Bonchev–Trinajstić information content (AvgIpc) is 2.65. The lowest BCUT2D eigenvalue weighted by Gasteiger charge is -2.35. The predicted molar refractivity (Wildman–Crippen MR) is 104 cm³/mol. The normalized spacial score (nSPS) is 18.4. The molecule has 0 saturated carbocycles. The van der Waals surface area contributed by atoms with Crippen molar-refractivity contribution >= 4 is 21.7 Å². The highest BCUT2D eigenvalue weighted by Crippen LogP contribution is 2.30. The third-order valence-corrected chi connectivity index (χ3v) is 5.57. The second-order valence-electron chi connectivity index (χ2n) is 6.44. The van der Waals surface area contributed by atoms with E-state index in [1.165, 1.54) is 17.7 Å². The zero-order chi connectivity index (χ0) is 18.8. The molecule has 1 fully saturated rings. The fraction of sp³-hybridized carbons (Fsp3) is 0.389. The highest BCUT2D eigenvalue weighted by atomic mass is 79.9. The largest absolute Gasteiger partial charge is 0.356 e. The summed E-state index contributed by atoms with van der Waals surface area (Å²) in [7, 11) is 1.45. The smallest absolute Gasteiger partial charge is 0.333 e. The van der Waals surface area contributed by atoms with Crippen molar-refractivity contribution < 1.29 is 0 Å². The van der Waals surface area contributed by atoms with E-state index >= 15 is 0 Å². The van der Waals surface area contributed by atoms with Gasteiger partial charge in [-0.05, 0) is 18.9 Å². The number of aromatic nitrogens is 2. The summed E-state index contributed by atoms with van der Waals surface area (Å²) in [5, 5.41) is 9.39. The van der Waals surface area contributed by atoms with Crippen LogP contribution < -0.4 is 21.9 Å². The Morgan fingerprint density at radius 1 is 1.35 bits per heavy atom. The average molecular weight is 418 g/mol. The van der Waals surface area contributed by atoms with Crippen molar-refractivity contribution in [1.29, 1.82) is 5.26 Å². The molecule has 0 radical (unpaired) electrons. The third-order valence-electron chi connectivity index (χ3n) is 4.67. The highest BCUT2D eigenvalue weighted by Gasteiger charge is 2.25. The van der Waals surface area contributed by atoms with Gasteiger partial charge < -0.3 is 10.6 Å². The van der Waals surface area contributed by atoms with Gasteiger partial charge >= 0.3 is 5.69 Å². The van der Waals surface area contributed by atoms with Crippen LogP contribution in [0.1, 0.15) is 28.9 Å². The van der Waals surface area contributed by atoms with E-state index in [2.05, 4.69) is 22.0 Å². The predicted octanol–water partition coefficient (Wildman–Crippen LogP) is 1.29. The van der Waals surface area contributed by atoms with Crippen LogP contribution in [0.15, 0.2) is 39.9 Å². The first kappa shape index (κ1) is 18.4. The van der Waals surface area contributed by atoms with E-state index < -0.39 is 10.6 Å². The molecule has 3 rings (SSSR count). The molecule has 7 nitrogen and oxygen atoms in total. The van der Waals surface area contributed by atoms with Gasteiger partial charge in [-0.1, -0.05) is 34.1 Å². The quantitative estimate of drug-likeness (QED) is 0.758. The molecule has 0 amide bonds. The fourth-order valence-corrected chi connectivity index (χ4v) is 4.04. The Labute approximate surface area is 159 Å². The summed E-state index contributed by atoms with van der Waals surface area (Å²) in [6.07, 6.45) is 1.81. The first-order valence-corrected chi connectivity index (χ1v) is 9.31. The third kappa shape index (κ3) is 3.32. The molecule has 2 heterocycles. The van der Waals surface area contributed by atoms with Crippen LogP contribution in [0.2, 0.25) is 0 Å². The van der Waals surface area contributed by atoms with Gasteiger partial charge in [0.15, 0.2) is 0 Å². The molecule has 136 valence electrons. The Bertz CT molecular complexity index is 975. The Hall–Kier alpha value is -2.37. The van der Waals surface area contributed by atoms with Crippen molar-refractivity contribution in [2.75, 3.05) is 18.0 Å². The molecule has 26 heavy (non-hydrogen) atoms. The highest BCUT2D eigenvalue weighted by molar-refractivity contribution is 9.09. The molecule has 2 N–H and O–H groups in total. The summed E-state index contributed by atoms with van der Waals surface area (Å²) in [6.45, 7) is 1.30. The second kappa shape index (κ2) is 7.48.